The Hall–Kier alpha value is -1.51. The molecule has 1 N–H and O–H groups in total. The van der Waals surface area contributed by atoms with Crippen molar-refractivity contribution in [3.05, 3.63) is 51.5 Å². The van der Waals surface area contributed by atoms with Crippen LogP contribution < -0.4 is 10.1 Å². The molecule has 0 aromatic heterocycles. The van der Waals surface area contributed by atoms with Gasteiger partial charge in [0, 0.05) is 18.1 Å². The van der Waals surface area contributed by atoms with Crippen LogP contribution in [0.5, 0.6) is 5.75 Å². The number of hydrogen-bond acceptors (Lipinski definition) is 4. The summed E-state index contributed by atoms with van der Waals surface area (Å²) >= 11 is 17.9. The molecule has 0 unspecified atom stereocenters. The minimum atomic E-state index is -3.51. The number of rotatable bonds is 6. The predicted octanol–water partition coefficient (Wildman–Crippen LogP) is 4.84. The van der Waals surface area contributed by atoms with E-state index in [0.29, 0.717) is 23.9 Å². The fourth-order valence-electron chi connectivity index (χ4n) is 2.95. The molecule has 1 amide bonds. The first kappa shape index (κ1) is 22.2. The van der Waals surface area contributed by atoms with Gasteiger partial charge in [0.15, 0.2) is 6.61 Å². The van der Waals surface area contributed by atoms with Gasteiger partial charge in [-0.1, -0.05) is 41.2 Å². The molecule has 10 heteroatoms. The normalized spacial score (nSPS) is 15.1. The Labute approximate surface area is 184 Å². The highest BCUT2D eigenvalue weighted by Crippen LogP contribution is 2.33. The topological polar surface area (TPSA) is 75.7 Å². The predicted molar refractivity (Wildman–Crippen MR) is 115 cm³/mol. The van der Waals surface area contributed by atoms with Crippen molar-refractivity contribution < 1.29 is 17.9 Å². The van der Waals surface area contributed by atoms with E-state index in [2.05, 4.69) is 5.32 Å². The first-order valence-electron chi connectivity index (χ1n) is 8.95. The first-order valence-corrected chi connectivity index (χ1v) is 11.5. The van der Waals surface area contributed by atoms with Crippen molar-refractivity contribution in [1.29, 1.82) is 0 Å². The number of carbonyl (C=O) groups excluding carboxylic acids is 1. The van der Waals surface area contributed by atoms with Crippen molar-refractivity contribution in [2.24, 2.45) is 0 Å². The van der Waals surface area contributed by atoms with Crippen molar-refractivity contribution in [1.82, 2.24) is 4.31 Å². The summed E-state index contributed by atoms with van der Waals surface area (Å²) in [5.74, 6) is -0.104. The standard InChI is InChI=1S/C19H19Cl3N2O4S/c20-13-10-16(21)19(17(22)11-13)23-18(25)12-28-14-4-6-15(7-5-14)29(26,27)24-8-2-1-3-9-24/h4-7,10-11H,1-3,8-9,12H2,(H,23,25). The van der Waals surface area contributed by atoms with Crippen LogP contribution in [-0.4, -0.2) is 38.3 Å². The number of benzene rings is 2. The largest absolute Gasteiger partial charge is 0.484 e. The zero-order valence-electron chi connectivity index (χ0n) is 15.3. The molecule has 156 valence electrons. The van der Waals surface area contributed by atoms with Crippen molar-refractivity contribution in [2.75, 3.05) is 25.0 Å². The Morgan fingerprint density at radius 3 is 2.17 bits per heavy atom. The smallest absolute Gasteiger partial charge is 0.262 e. The fraction of sp³-hybridized carbons (Fsp3) is 0.316. The van der Waals surface area contributed by atoms with E-state index in [-0.39, 0.29) is 27.2 Å². The molecule has 3 rings (SSSR count). The Bertz CT molecular complexity index is 968. The van der Waals surface area contributed by atoms with Gasteiger partial charge in [-0.05, 0) is 49.2 Å². The number of piperidine rings is 1. The lowest BCUT2D eigenvalue weighted by Gasteiger charge is -2.25. The summed E-state index contributed by atoms with van der Waals surface area (Å²) in [7, 11) is -3.51. The van der Waals surface area contributed by atoms with Gasteiger partial charge in [-0.2, -0.15) is 4.31 Å². The quantitative estimate of drug-likeness (QED) is 0.646. The third-order valence-corrected chi connectivity index (χ3v) is 7.15. The molecule has 2 aromatic carbocycles. The van der Waals surface area contributed by atoms with Crippen LogP contribution in [0.3, 0.4) is 0 Å². The maximum Gasteiger partial charge on any atom is 0.262 e. The molecule has 0 radical (unpaired) electrons. The summed E-state index contributed by atoms with van der Waals surface area (Å²) in [6, 6.07) is 8.92. The number of halogens is 3. The molecule has 1 fully saturated rings. The molecule has 0 bridgehead atoms. The van der Waals surface area contributed by atoms with E-state index in [1.54, 1.807) is 0 Å². The number of carbonyl (C=O) groups is 1. The van der Waals surface area contributed by atoms with Gasteiger partial charge in [-0.15, -0.1) is 0 Å². The lowest BCUT2D eigenvalue weighted by molar-refractivity contribution is -0.118. The SMILES string of the molecule is O=C(COc1ccc(S(=O)(=O)N2CCCCC2)cc1)Nc1c(Cl)cc(Cl)cc1Cl. The Morgan fingerprint density at radius 2 is 1.59 bits per heavy atom. The van der Waals surface area contributed by atoms with E-state index in [1.807, 2.05) is 0 Å². The van der Waals surface area contributed by atoms with E-state index in [1.165, 1.54) is 40.7 Å². The molecule has 1 aliphatic rings. The van der Waals surface area contributed by atoms with Gasteiger partial charge in [-0.25, -0.2) is 8.42 Å². The third-order valence-electron chi connectivity index (χ3n) is 4.42. The number of nitrogens with zero attached hydrogens (tertiary/aromatic N) is 1. The molecular weight excluding hydrogens is 459 g/mol. The highest BCUT2D eigenvalue weighted by Gasteiger charge is 2.25. The molecule has 1 heterocycles. The summed E-state index contributed by atoms with van der Waals surface area (Å²) in [4.78, 5) is 12.3. The highest BCUT2D eigenvalue weighted by molar-refractivity contribution is 7.89. The Morgan fingerprint density at radius 1 is 1.00 bits per heavy atom. The lowest BCUT2D eigenvalue weighted by Crippen LogP contribution is -2.35. The Balaban J connectivity index is 1.60. The molecule has 6 nitrogen and oxygen atoms in total. The van der Waals surface area contributed by atoms with Crippen LogP contribution in [-0.2, 0) is 14.8 Å². The van der Waals surface area contributed by atoms with Crippen LogP contribution in [0.2, 0.25) is 15.1 Å². The van der Waals surface area contributed by atoms with Crippen LogP contribution in [0.4, 0.5) is 5.69 Å². The minimum absolute atomic E-state index is 0.205. The number of ether oxygens (including phenoxy) is 1. The first-order chi connectivity index (χ1) is 13.8. The van der Waals surface area contributed by atoms with Gasteiger partial charge >= 0.3 is 0 Å². The van der Waals surface area contributed by atoms with Crippen LogP contribution in [0, 0.1) is 0 Å². The summed E-state index contributed by atoms with van der Waals surface area (Å²) < 4.78 is 32.2. The van der Waals surface area contributed by atoms with E-state index < -0.39 is 15.9 Å². The van der Waals surface area contributed by atoms with Crippen LogP contribution in [0.15, 0.2) is 41.3 Å². The monoisotopic (exact) mass is 476 g/mol. The van der Waals surface area contributed by atoms with Crippen molar-refractivity contribution in [3.8, 4) is 5.75 Å². The zero-order valence-corrected chi connectivity index (χ0v) is 18.4. The molecule has 0 saturated carbocycles. The highest BCUT2D eigenvalue weighted by atomic mass is 35.5. The number of sulfonamides is 1. The van der Waals surface area contributed by atoms with E-state index >= 15 is 0 Å². The van der Waals surface area contributed by atoms with Gasteiger partial charge in [0.2, 0.25) is 10.0 Å². The maximum absolute atomic E-state index is 12.6. The van der Waals surface area contributed by atoms with Gasteiger partial charge in [-0.3, -0.25) is 4.79 Å². The number of hydrogen-bond donors (Lipinski definition) is 1. The molecular formula is C19H19Cl3N2O4S. The Kier molecular flexibility index (Phi) is 7.29. The molecule has 0 aliphatic carbocycles. The molecule has 1 saturated heterocycles. The minimum Gasteiger partial charge on any atom is -0.484 e. The molecule has 0 atom stereocenters. The van der Waals surface area contributed by atoms with E-state index in [4.69, 9.17) is 39.5 Å². The zero-order chi connectivity index (χ0) is 21.0. The van der Waals surface area contributed by atoms with Gasteiger partial charge < -0.3 is 10.1 Å². The van der Waals surface area contributed by atoms with Crippen molar-refractivity contribution in [2.45, 2.75) is 24.2 Å². The average molecular weight is 478 g/mol. The number of nitrogens with one attached hydrogen (secondary N) is 1. The fourth-order valence-corrected chi connectivity index (χ4v) is 5.38. The second-order valence-corrected chi connectivity index (χ2v) is 9.71. The van der Waals surface area contributed by atoms with Crippen LogP contribution in [0.25, 0.3) is 0 Å². The van der Waals surface area contributed by atoms with Crippen molar-refractivity contribution >= 4 is 56.4 Å². The second-order valence-electron chi connectivity index (χ2n) is 6.52. The van der Waals surface area contributed by atoms with Crippen LogP contribution >= 0.6 is 34.8 Å². The number of anilines is 1. The van der Waals surface area contributed by atoms with Gasteiger partial charge in [0.1, 0.15) is 5.75 Å². The molecule has 29 heavy (non-hydrogen) atoms. The molecule has 0 spiro atoms. The molecule has 2 aromatic rings. The van der Waals surface area contributed by atoms with Gasteiger partial charge in [0.05, 0.1) is 20.6 Å². The summed E-state index contributed by atoms with van der Waals surface area (Å²) in [6.07, 6.45) is 2.79. The molecule has 1 aliphatic heterocycles. The van der Waals surface area contributed by atoms with Gasteiger partial charge in [0.25, 0.3) is 5.91 Å². The van der Waals surface area contributed by atoms with Crippen molar-refractivity contribution in [3.63, 3.8) is 0 Å². The van der Waals surface area contributed by atoms with E-state index in [0.717, 1.165) is 19.3 Å². The summed E-state index contributed by atoms with van der Waals surface area (Å²) in [6.45, 7) is 0.778. The lowest BCUT2D eigenvalue weighted by atomic mass is 10.2. The van der Waals surface area contributed by atoms with E-state index in [9.17, 15) is 13.2 Å². The maximum atomic E-state index is 12.6. The third kappa shape index (κ3) is 5.55. The number of amides is 1. The second kappa shape index (κ2) is 9.53. The summed E-state index contributed by atoms with van der Waals surface area (Å²) in [5, 5.41) is 3.34. The average Bonchev–Trinajstić information content (AvgIpc) is 2.70. The summed E-state index contributed by atoms with van der Waals surface area (Å²) in [5.41, 5.74) is 0.245. The van der Waals surface area contributed by atoms with Crippen LogP contribution in [0.1, 0.15) is 19.3 Å².